The second kappa shape index (κ2) is 9.12. The quantitative estimate of drug-likeness (QED) is 0.621. The van der Waals surface area contributed by atoms with Gasteiger partial charge >= 0.3 is 0 Å². The number of anilines is 1. The molecule has 144 valence electrons. The molecule has 0 atom stereocenters. The summed E-state index contributed by atoms with van der Waals surface area (Å²) in [5.74, 6) is 1.85. The van der Waals surface area contributed by atoms with Gasteiger partial charge in [0.15, 0.2) is 5.96 Å². The topological polar surface area (TPSA) is 73.2 Å². The van der Waals surface area contributed by atoms with E-state index < -0.39 is 0 Å². The number of aromatic hydroxyl groups is 1. The third-order valence-electron chi connectivity index (χ3n) is 4.58. The van der Waals surface area contributed by atoms with Crippen LogP contribution in [-0.2, 0) is 6.54 Å². The van der Waals surface area contributed by atoms with Crippen LogP contribution in [0.2, 0.25) is 0 Å². The molecular weight excluding hydrogens is 342 g/mol. The number of pyridine rings is 1. The minimum absolute atomic E-state index is 0.327. The van der Waals surface area contributed by atoms with Crippen LogP contribution < -0.4 is 15.0 Å². The van der Waals surface area contributed by atoms with Crippen LogP contribution in [0.1, 0.15) is 12.5 Å². The van der Waals surface area contributed by atoms with Crippen molar-refractivity contribution in [1.29, 1.82) is 0 Å². The molecule has 1 aromatic carbocycles. The maximum atomic E-state index is 10.1. The molecule has 0 unspecified atom stereocenters. The molecule has 0 saturated carbocycles. The normalized spacial score (nSPS) is 15.0. The number of nitrogens with zero attached hydrogens (tertiary/aromatic N) is 4. The van der Waals surface area contributed by atoms with Crippen LogP contribution in [0.3, 0.4) is 0 Å². The number of benzene rings is 1. The number of para-hydroxylation sites is 2. The van der Waals surface area contributed by atoms with E-state index in [0.717, 1.165) is 43.4 Å². The van der Waals surface area contributed by atoms with Crippen molar-refractivity contribution in [3.63, 3.8) is 0 Å². The Balaban J connectivity index is 1.58. The van der Waals surface area contributed by atoms with Crippen LogP contribution in [0.5, 0.6) is 11.6 Å². The van der Waals surface area contributed by atoms with Crippen molar-refractivity contribution in [3.05, 3.63) is 48.2 Å². The second-order valence-corrected chi connectivity index (χ2v) is 6.26. The Labute approximate surface area is 160 Å². The van der Waals surface area contributed by atoms with Gasteiger partial charge in [-0.3, -0.25) is 4.99 Å². The van der Waals surface area contributed by atoms with E-state index in [-0.39, 0.29) is 0 Å². The second-order valence-electron chi connectivity index (χ2n) is 6.26. The van der Waals surface area contributed by atoms with Gasteiger partial charge in [0, 0.05) is 51.5 Å². The summed E-state index contributed by atoms with van der Waals surface area (Å²) < 4.78 is 5.59. The Kier molecular flexibility index (Phi) is 6.35. The predicted molar refractivity (Wildman–Crippen MR) is 107 cm³/mol. The number of phenols is 1. The summed E-state index contributed by atoms with van der Waals surface area (Å²) in [6.45, 7) is 6.47. The average Bonchev–Trinajstić information content (AvgIpc) is 2.71. The summed E-state index contributed by atoms with van der Waals surface area (Å²) in [5, 5.41) is 13.5. The maximum Gasteiger partial charge on any atom is 0.218 e. The Morgan fingerprint density at radius 1 is 1.19 bits per heavy atom. The van der Waals surface area contributed by atoms with E-state index in [0.29, 0.717) is 24.8 Å². The van der Waals surface area contributed by atoms with Gasteiger partial charge in [-0.1, -0.05) is 18.2 Å². The SMILES string of the molecule is CCOc1ncccc1CNC(=NC)N1CCN(c2ccccc2O)CC1. The smallest absolute Gasteiger partial charge is 0.218 e. The van der Waals surface area contributed by atoms with Crippen LogP contribution in [0.4, 0.5) is 5.69 Å². The standard InChI is InChI=1S/C20H27N5O2/c1-3-27-19-16(7-6-10-22-19)15-23-20(21-2)25-13-11-24(12-14-25)17-8-4-5-9-18(17)26/h4-10,26H,3,11-15H2,1-2H3,(H,21,23). The first kappa shape index (κ1) is 18.8. The van der Waals surface area contributed by atoms with E-state index in [1.54, 1.807) is 19.3 Å². The highest BCUT2D eigenvalue weighted by Gasteiger charge is 2.21. The number of aliphatic imine (C=N–C) groups is 1. The summed E-state index contributed by atoms with van der Waals surface area (Å²) in [6, 6.07) is 11.4. The molecule has 2 heterocycles. The monoisotopic (exact) mass is 369 g/mol. The van der Waals surface area contributed by atoms with E-state index >= 15 is 0 Å². The molecule has 3 rings (SSSR count). The molecule has 7 heteroatoms. The number of hydrogen-bond acceptors (Lipinski definition) is 5. The van der Waals surface area contributed by atoms with E-state index in [4.69, 9.17) is 4.74 Å². The lowest BCUT2D eigenvalue weighted by Crippen LogP contribution is -2.52. The molecule has 0 aliphatic carbocycles. The number of phenolic OH excluding ortho intramolecular Hbond substituents is 1. The van der Waals surface area contributed by atoms with Crippen molar-refractivity contribution in [2.75, 3.05) is 44.7 Å². The fraction of sp³-hybridized carbons (Fsp3) is 0.400. The zero-order chi connectivity index (χ0) is 19.1. The summed E-state index contributed by atoms with van der Waals surface area (Å²) in [4.78, 5) is 13.1. The number of rotatable bonds is 5. The highest BCUT2D eigenvalue weighted by molar-refractivity contribution is 5.80. The van der Waals surface area contributed by atoms with Gasteiger partial charge in [-0.25, -0.2) is 4.98 Å². The molecule has 1 aliphatic rings. The minimum atomic E-state index is 0.327. The molecule has 0 radical (unpaired) electrons. The molecule has 27 heavy (non-hydrogen) atoms. The molecule has 2 N–H and O–H groups in total. The molecule has 7 nitrogen and oxygen atoms in total. The zero-order valence-electron chi connectivity index (χ0n) is 15.9. The van der Waals surface area contributed by atoms with E-state index in [2.05, 4.69) is 25.1 Å². The van der Waals surface area contributed by atoms with Crippen LogP contribution in [0.25, 0.3) is 0 Å². The first-order valence-electron chi connectivity index (χ1n) is 9.28. The highest BCUT2D eigenvalue weighted by Crippen LogP contribution is 2.27. The Hall–Kier alpha value is -2.96. The van der Waals surface area contributed by atoms with Gasteiger partial charge in [-0.15, -0.1) is 0 Å². The summed E-state index contributed by atoms with van der Waals surface area (Å²) in [7, 11) is 1.80. The van der Waals surface area contributed by atoms with Gasteiger partial charge in [0.25, 0.3) is 0 Å². The first-order chi connectivity index (χ1) is 13.2. The van der Waals surface area contributed by atoms with Crippen LogP contribution in [-0.4, -0.2) is 60.8 Å². The third kappa shape index (κ3) is 4.61. The number of ether oxygens (including phenoxy) is 1. The molecule has 1 aromatic heterocycles. The van der Waals surface area contributed by atoms with Crippen molar-refractivity contribution >= 4 is 11.6 Å². The fourth-order valence-electron chi connectivity index (χ4n) is 3.22. The van der Waals surface area contributed by atoms with Crippen LogP contribution in [0, 0.1) is 0 Å². The lowest BCUT2D eigenvalue weighted by Gasteiger charge is -2.37. The Morgan fingerprint density at radius 2 is 1.96 bits per heavy atom. The van der Waals surface area contributed by atoms with E-state index in [9.17, 15) is 5.11 Å². The number of hydrogen-bond donors (Lipinski definition) is 2. The number of aromatic nitrogens is 1. The Bertz CT molecular complexity index is 772. The largest absolute Gasteiger partial charge is 0.506 e. The van der Waals surface area contributed by atoms with Gasteiger partial charge in [0.2, 0.25) is 5.88 Å². The molecule has 1 saturated heterocycles. The summed E-state index contributed by atoms with van der Waals surface area (Å²) >= 11 is 0. The van der Waals surface area contributed by atoms with Gasteiger partial charge in [-0.05, 0) is 25.1 Å². The van der Waals surface area contributed by atoms with Crippen molar-refractivity contribution in [1.82, 2.24) is 15.2 Å². The zero-order valence-corrected chi connectivity index (χ0v) is 15.9. The molecule has 1 fully saturated rings. The average molecular weight is 369 g/mol. The number of nitrogens with one attached hydrogen (secondary N) is 1. The van der Waals surface area contributed by atoms with E-state index in [1.807, 2.05) is 37.3 Å². The van der Waals surface area contributed by atoms with Crippen LogP contribution in [0.15, 0.2) is 47.6 Å². The Morgan fingerprint density at radius 3 is 2.67 bits per heavy atom. The highest BCUT2D eigenvalue weighted by atomic mass is 16.5. The number of piperazine rings is 1. The first-order valence-corrected chi connectivity index (χ1v) is 9.28. The van der Waals surface area contributed by atoms with Crippen molar-refractivity contribution in [3.8, 4) is 11.6 Å². The molecule has 1 aliphatic heterocycles. The third-order valence-corrected chi connectivity index (χ3v) is 4.58. The summed E-state index contributed by atoms with van der Waals surface area (Å²) in [6.07, 6.45) is 1.74. The van der Waals surface area contributed by atoms with Crippen molar-refractivity contribution < 1.29 is 9.84 Å². The van der Waals surface area contributed by atoms with Gasteiger partial charge in [0.05, 0.1) is 12.3 Å². The van der Waals surface area contributed by atoms with Gasteiger partial charge in [-0.2, -0.15) is 0 Å². The maximum absolute atomic E-state index is 10.1. The lowest BCUT2D eigenvalue weighted by atomic mass is 10.2. The van der Waals surface area contributed by atoms with Crippen molar-refractivity contribution in [2.45, 2.75) is 13.5 Å². The molecular formula is C20H27N5O2. The minimum Gasteiger partial charge on any atom is -0.506 e. The summed E-state index contributed by atoms with van der Waals surface area (Å²) in [5.41, 5.74) is 1.89. The van der Waals surface area contributed by atoms with Crippen molar-refractivity contribution in [2.24, 2.45) is 4.99 Å². The predicted octanol–water partition coefficient (Wildman–Crippen LogP) is 2.08. The van der Waals surface area contributed by atoms with Gasteiger partial charge in [0.1, 0.15) is 5.75 Å². The molecule has 2 aromatic rings. The van der Waals surface area contributed by atoms with Crippen LogP contribution >= 0.6 is 0 Å². The fourth-order valence-corrected chi connectivity index (χ4v) is 3.22. The van der Waals surface area contributed by atoms with Gasteiger partial charge < -0.3 is 25.0 Å². The van der Waals surface area contributed by atoms with E-state index in [1.165, 1.54) is 0 Å². The lowest BCUT2D eigenvalue weighted by molar-refractivity contribution is 0.322. The number of guanidine groups is 1. The molecule has 0 spiro atoms. The molecule has 0 bridgehead atoms. The molecule has 0 amide bonds.